The van der Waals surface area contributed by atoms with Crippen LogP contribution in [0.2, 0.25) is 0 Å². The predicted molar refractivity (Wildman–Crippen MR) is 141 cm³/mol. The van der Waals surface area contributed by atoms with Gasteiger partial charge in [0.25, 0.3) is 5.78 Å². The molecule has 2 atom stereocenters. The third-order valence-corrected chi connectivity index (χ3v) is 8.03. The minimum absolute atomic E-state index is 0.0623. The SMILES string of the molecule is COc1ccc(CCC2(C3CCCC3)CC(O)=C(Cc3nc4nc(C)cc(C)n4n3)C(=O)O2)cc1C(C)O. The number of hydrogen-bond donors (Lipinski definition) is 2. The lowest BCUT2D eigenvalue weighted by Gasteiger charge is -2.41. The fourth-order valence-electron chi connectivity index (χ4n) is 6.05. The van der Waals surface area contributed by atoms with Gasteiger partial charge < -0.3 is 19.7 Å². The number of hydrogen-bond acceptors (Lipinski definition) is 8. The molecule has 0 bridgehead atoms. The summed E-state index contributed by atoms with van der Waals surface area (Å²) in [4.78, 5) is 22.3. The molecule has 1 aliphatic carbocycles. The molecule has 0 saturated heterocycles. The van der Waals surface area contributed by atoms with Gasteiger partial charge in [-0.3, -0.25) is 0 Å². The van der Waals surface area contributed by atoms with E-state index in [-0.39, 0.29) is 30.1 Å². The molecule has 1 aromatic carbocycles. The number of carbonyl (C=O) groups excluding carboxylic acids is 1. The predicted octanol–water partition coefficient (Wildman–Crippen LogP) is 4.67. The minimum Gasteiger partial charge on any atom is -0.512 e. The first kappa shape index (κ1) is 26.2. The smallest absolute Gasteiger partial charge is 0.338 e. The monoisotopic (exact) mass is 520 g/mol. The first-order chi connectivity index (χ1) is 18.2. The Morgan fingerprint density at radius 1 is 1.21 bits per heavy atom. The van der Waals surface area contributed by atoms with E-state index in [2.05, 4.69) is 15.1 Å². The van der Waals surface area contributed by atoms with Crippen molar-refractivity contribution in [3.8, 4) is 5.75 Å². The molecule has 2 aromatic heterocycles. The number of ether oxygens (including phenoxy) is 2. The van der Waals surface area contributed by atoms with Crippen LogP contribution >= 0.6 is 0 Å². The average Bonchev–Trinajstić information content (AvgIpc) is 3.55. The lowest BCUT2D eigenvalue weighted by atomic mass is 9.76. The van der Waals surface area contributed by atoms with Crippen molar-refractivity contribution in [3.63, 3.8) is 0 Å². The summed E-state index contributed by atoms with van der Waals surface area (Å²) in [6.07, 6.45) is 5.05. The van der Waals surface area contributed by atoms with E-state index in [0.29, 0.717) is 30.2 Å². The van der Waals surface area contributed by atoms with Gasteiger partial charge in [-0.25, -0.2) is 14.3 Å². The van der Waals surface area contributed by atoms with E-state index < -0.39 is 17.7 Å². The third-order valence-electron chi connectivity index (χ3n) is 8.03. The van der Waals surface area contributed by atoms with E-state index in [1.54, 1.807) is 18.5 Å². The average molecular weight is 521 g/mol. The van der Waals surface area contributed by atoms with Crippen LogP contribution in [0.25, 0.3) is 5.78 Å². The van der Waals surface area contributed by atoms with Crippen LogP contribution in [-0.2, 0) is 22.4 Å². The molecule has 202 valence electrons. The second kappa shape index (κ2) is 10.4. The quantitative estimate of drug-likeness (QED) is 0.412. The van der Waals surface area contributed by atoms with Crippen molar-refractivity contribution >= 4 is 11.7 Å². The molecule has 3 aromatic rings. The van der Waals surface area contributed by atoms with Crippen LogP contribution < -0.4 is 4.74 Å². The Bertz CT molecular complexity index is 1390. The summed E-state index contributed by atoms with van der Waals surface area (Å²) in [5.41, 5.74) is 2.93. The topological polar surface area (TPSA) is 119 Å². The highest BCUT2D eigenvalue weighted by Gasteiger charge is 2.48. The van der Waals surface area contributed by atoms with Gasteiger partial charge in [0.2, 0.25) is 0 Å². The minimum atomic E-state index is -0.770. The molecular formula is C29H36N4O5. The Labute approximate surface area is 222 Å². The fourth-order valence-corrected chi connectivity index (χ4v) is 6.05. The summed E-state index contributed by atoms with van der Waals surface area (Å²) < 4.78 is 13.3. The van der Waals surface area contributed by atoms with Gasteiger partial charge in [0.15, 0.2) is 5.82 Å². The van der Waals surface area contributed by atoms with Crippen molar-refractivity contribution < 1.29 is 24.5 Å². The van der Waals surface area contributed by atoms with E-state index in [0.717, 1.165) is 48.2 Å². The Kier molecular flexibility index (Phi) is 7.13. The number of nitrogens with zero attached hydrogens (tertiary/aromatic N) is 4. The molecule has 1 aliphatic heterocycles. The number of benzene rings is 1. The summed E-state index contributed by atoms with van der Waals surface area (Å²) in [5.74, 6) is 1.28. The number of aromatic nitrogens is 4. The van der Waals surface area contributed by atoms with Crippen LogP contribution in [0.5, 0.6) is 5.75 Å². The van der Waals surface area contributed by atoms with Crippen LogP contribution in [0.4, 0.5) is 0 Å². The summed E-state index contributed by atoms with van der Waals surface area (Å²) in [7, 11) is 1.59. The molecule has 3 heterocycles. The molecule has 2 N–H and O–H groups in total. The van der Waals surface area contributed by atoms with Crippen molar-refractivity contribution in [2.24, 2.45) is 5.92 Å². The molecule has 0 amide bonds. The lowest BCUT2D eigenvalue weighted by molar-refractivity contribution is -0.167. The number of cyclic esters (lactones) is 1. The molecule has 0 spiro atoms. The van der Waals surface area contributed by atoms with Crippen LogP contribution in [0.15, 0.2) is 35.6 Å². The van der Waals surface area contributed by atoms with Crippen molar-refractivity contribution in [1.82, 2.24) is 19.6 Å². The van der Waals surface area contributed by atoms with Gasteiger partial charge in [0.1, 0.15) is 17.1 Å². The molecular weight excluding hydrogens is 484 g/mol. The van der Waals surface area contributed by atoms with Gasteiger partial charge in [-0.15, -0.1) is 5.10 Å². The second-order valence-corrected chi connectivity index (χ2v) is 10.7. The molecule has 1 saturated carbocycles. The molecule has 1 fully saturated rings. The number of aliphatic hydroxyl groups excluding tert-OH is 2. The van der Waals surface area contributed by atoms with E-state index in [1.807, 2.05) is 38.1 Å². The first-order valence-electron chi connectivity index (χ1n) is 13.4. The Morgan fingerprint density at radius 3 is 2.66 bits per heavy atom. The molecule has 9 heteroatoms. The van der Waals surface area contributed by atoms with Gasteiger partial charge in [-0.2, -0.15) is 4.98 Å². The lowest BCUT2D eigenvalue weighted by Crippen LogP contribution is -2.46. The van der Waals surface area contributed by atoms with Crippen LogP contribution in [0, 0.1) is 19.8 Å². The Hall–Kier alpha value is -3.46. The van der Waals surface area contributed by atoms with Crippen LogP contribution in [0.1, 0.15) is 79.9 Å². The highest BCUT2D eigenvalue weighted by Crippen LogP contribution is 2.46. The number of esters is 1. The first-order valence-corrected chi connectivity index (χ1v) is 13.4. The highest BCUT2D eigenvalue weighted by molar-refractivity contribution is 5.90. The van der Waals surface area contributed by atoms with E-state index in [1.165, 1.54) is 0 Å². The molecule has 2 unspecified atom stereocenters. The number of aliphatic hydroxyl groups is 2. The summed E-state index contributed by atoms with van der Waals surface area (Å²) >= 11 is 0. The highest BCUT2D eigenvalue weighted by atomic mass is 16.6. The van der Waals surface area contributed by atoms with Crippen molar-refractivity contribution in [2.75, 3.05) is 7.11 Å². The molecule has 9 nitrogen and oxygen atoms in total. The zero-order valence-corrected chi connectivity index (χ0v) is 22.5. The molecule has 0 radical (unpaired) electrons. The zero-order valence-electron chi connectivity index (χ0n) is 22.5. The third kappa shape index (κ3) is 4.99. The van der Waals surface area contributed by atoms with Crippen molar-refractivity contribution in [2.45, 2.75) is 83.8 Å². The maximum Gasteiger partial charge on any atom is 0.338 e. The standard InChI is InChI=1S/C29H36N4O5/c1-17-13-18(2)33-28(30-17)31-26(32-33)15-23-24(35)16-29(38-27(23)36,21-7-5-6-8-21)12-11-20-9-10-25(37-4)22(14-20)19(3)34/h9-10,13-14,19,21,34-35H,5-8,11-12,15-16H2,1-4H3. The molecule has 38 heavy (non-hydrogen) atoms. The van der Waals surface area contributed by atoms with Gasteiger partial charge in [-0.1, -0.05) is 18.9 Å². The number of aryl methyl sites for hydroxylation is 3. The zero-order chi connectivity index (χ0) is 27.0. The number of carbonyl (C=O) groups is 1. The van der Waals surface area contributed by atoms with E-state index in [9.17, 15) is 15.0 Å². The molecule has 5 rings (SSSR count). The summed E-state index contributed by atoms with van der Waals surface area (Å²) in [6, 6.07) is 7.71. The molecule has 2 aliphatic rings. The van der Waals surface area contributed by atoms with E-state index >= 15 is 0 Å². The maximum atomic E-state index is 13.4. The van der Waals surface area contributed by atoms with Crippen LogP contribution in [0.3, 0.4) is 0 Å². The Morgan fingerprint density at radius 2 is 1.97 bits per heavy atom. The van der Waals surface area contributed by atoms with Gasteiger partial charge in [-0.05, 0) is 76.1 Å². The number of fused-ring (bicyclic) bond motifs is 1. The van der Waals surface area contributed by atoms with Gasteiger partial charge in [0.05, 0.1) is 18.8 Å². The summed E-state index contributed by atoms with van der Waals surface area (Å²) in [5, 5.41) is 25.9. The fraction of sp³-hybridized carbons (Fsp3) is 0.517. The maximum absolute atomic E-state index is 13.4. The van der Waals surface area contributed by atoms with Crippen molar-refractivity contribution in [3.05, 3.63) is 63.9 Å². The number of rotatable bonds is 8. The second-order valence-electron chi connectivity index (χ2n) is 10.7. The Balaban J connectivity index is 1.40. The number of methoxy groups -OCH3 is 1. The van der Waals surface area contributed by atoms with Crippen molar-refractivity contribution in [1.29, 1.82) is 0 Å². The normalized spacial score (nSPS) is 21.2. The van der Waals surface area contributed by atoms with E-state index in [4.69, 9.17) is 9.47 Å². The van der Waals surface area contributed by atoms with Crippen LogP contribution in [-0.4, -0.2) is 48.5 Å². The summed E-state index contributed by atoms with van der Waals surface area (Å²) in [6.45, 7) is 5.54. The van der Waals surface area contributed by atoms with Gasteiger partial charge >= 0.3 is 5.97 Å². The van der Waals surface area contributed by atoms with Gasteiger partial charge in [0, 0.05) is 29.8 Å². The largest absolute Gasteiger partial charge is 0.512 e.